The molecule has 1 amide bonds. The molecule has 0 bridgehead atoms. The molecule has 0 aliphatic carbocycles. The average molecular weight is 279 g/mol. The number of aromatic nitrogens is 2. The molecular formula is C12H17N5OS. The first-order valence-electron chi connectivity index (χ1n) is 6.16. The van der Waals surface area contributed by atoms with E-state index in [1.165, 1.54) is 11.3 Å². The van der Waals surface area contributed by atoms with Crippen LogP contribution in [0, 0.1) is 0 Å². The van der Waals surface area contributed by atoms with Crippen molar-refractivity contribution in [1.82, 2.24) is 15.3 Å². The van der Waals surface area contributed by atoms with Gasteiger partial charge in [0.25, 0.3) is 0 Å². The summed E-state index contributed by atoms with van der Waals surface area (Å²) < 4.78 is 0. The number of nitrogens with two attached hydrogens (primary N) is 1. The van der Waals surface area contributed by atoms with E-state index in [0.29, 0.717) is 12.4 Å². The van der Waals surface area contributed by atoms with Gasteiger partial charge in [0, 0.05) is 6.54 Å². The fourth-order valence-electron chi connectivity index (χ4n) is 1.65. The van der Waals surface area contributed by atoms with Gasteiger partial charge in [-0.15, -0.1) is 11.3 Å². The number of hydrogen-bond donors (Lipinski definition) is 3. The van der Waals surface area contributed by atoms with Crippen molar-refractivity contribution in [2.24, 2.45) is 0 Å². The van der Waals surface area contributed by atoms with Crippen LogP contribution in [0.15, 0.2) is 11.4 Å². The van der Waals surface area contributed by atoms with Gasteiger partial charge < -0.3 is 16.4 Å². The van der Waals surface area contributed by atoms with Gasteiger partial charge in [0.05, 0.1) is 5.39 Å². The Kier molecular flexibility index (Phi) is 4.16. The fourth-order valence-corrected chi connectivity index (χ4v) is 2.42. The molecule has 2 heterocycles. The molecule has 1 atom stereocenters. The minimum atomic E-state index is -0.371. The van der Waals surface area contributed by atoms with Crippen LogP contribution in [0.2, 0.25) is 0 Å². The topological polar surface area (TPSA) is 92.9 Å². The molecule has 2 rings (SSSR count). The average Bonchev–Trinajstić information content (AvgIpc) is 2.83. The molecule has 0 radical (unpaired) electrons. The first-order chi connectivity index (χ1) is 9.11. The number of hydrogen-bond acceptors (Lipinski definition) is 6. The van der Waals surface area contributed by atoms with Crippen molar-refractivity contribution in [2.45, 2.75) is 26.3 Å². The lowest BCUT2D eigenvalue weighted by atomic mass is 10.3. The van der Waals surface area contributed by atoms with Crippen LogP contribution < -0.4 is 16.4 Å². The van der Waals surface area contributed by atoms with Crippen LogP contribution in [0.5, 0.6) is 0 Å². The second-order valence-electron chi connectivity index (χ2n) is 4.23. The number of carbonyl (C=O) groups is 1. The predicted molar refractivity (Wildman–Crippen MR) is 78.2 cm³/mol. The van der Waals surface area contributed by atoms with Crippen molar-refractivity contribution in [1.29, 1.82) is 0 Å². The Bertz CT molecular complexity index is 583. The van der Waals surface area contributed by atoms with Crippen LogP contribution in [0.25, 0.3) is 10.2 Å². The normalized spacial score (nSPS) is 12.3. The number of fused-ring (bicyclic) bond motifs is 1. The van der Waals surface area contributed by atoms with Gasteiger partial charge in [0.15, 0.2) is 0 Å². The van der Waals surface area contributed by atoms with Gasteiger partial charge >= 0.3 is 0 Å². The maximum atomic E-state index is 11.8. The van der Waals surface area contributed by atoms with Crippen LogP contribution >= 0.6 is 11.3 Å². The zero-order valence-electron chi connectivity index (χ0n) is 10.9. The quantitative estimate of drug-likeness (QED) is 0.773. The largest absolute Gasteiger partial charge is 0.368 e. The molecular weight excluding hydrogens is 262 g/mol. The summed E-state index contributed by atoms with van der Waals surface area (Å²) in [7, 11) is 0. The van der Waals surface area contributed by atoms with Crippen molar-refractivity contribution < 1.29 is 4.79 Å². The van der Waals surface area contributed by atoms with Crippen LogP contribution in [0.1, 0.15) is 20.3 Å². The number of nitrogens with one attached hydrogen (secondary N) is 2. The Hall–Kier alpha value is -1.89. The Balaban J connectivity index is 2.16. The van der Waals surface area contributed by atoms with Gasteiger partial charge in [0.2, 0.25) is 11.9 Å². The summed E-state index contributed by atoms with van der Waals surface area (Å²) in [6.45, 7) is 4.48. The highest BCUT2D eigenvalue weighted by atomic mass is 32.1. The minimum absolute atomic E-state index is 0.0533. The second-order valence-corrected chi connectivity index (χ2v) is 5.12. The van der Waals surface area contributed by atoms with Crippen LogP contribution in [0.4, 0.5) is 11.8 Å². The van der Waals surface area contributed by atoms with Gasteiger partial charge in [-0.1, -0.05) is 6.92 Å². The molecule has 0 fully saturated rings. The van der Waals surface area contributed by atoms with Gasteiger partial charge in [-0.2, -0.15) is 4.98 Å². The molecule has 6 nitrogen and oxygen atoms in total. The Morgan fingerprint density at radius 1 is 1.53 bits per heavy atom. The first-order valence-corrected chi connectivity index (χ1v) is 7.04. The molecule has 0 saturated heterocycles. The van der Waals surface area contributed by atoms with E-state index in [9.17, 15) is 4.79 Å². The number of nitrogens with zero attached hydrogens (tertiary/aromatic N) is 2. The van der Waals surface area contributed by atoms with Gasteiger partial charge in [-0.25, -0.2) is 4.98 Å². The lowest BCUT2D eigenvalue weighted by Crippen LogP contribution is -2.38. The molecule has 102 valence electrons. The third kappa shape index (κ3) is 3.11. The highest BCUT2D eigenvalue weighted by molar-refractivity contribution is 7.16. The van der Waals surface area contributed by atoms with Crippen molar-refractivity contribution in [3.8, 4) is 0 Å². The number of carbonyl (C=O) groups excluding carboxylic acids is 1. The molecule has 4 N–H and O–H groups in total. The van der Waals surface area contributed by atoms with E-state index in [0.717, 1.165) is 16.6 Å². The van der Waals surface area contributed by atoms with Crippen molar-refractivity contribution >= 4 is 39.2 Å². The maximum absolute atomic E-state index is 11.8. The molecule has 1 unspecified atom stereocenters. The Morgan fingerprint density at radius 3 is 3.05 bits per heavy atom. The second kappa shape index (κ2) is 5.83. The molecule has 0 aliphatic rings. The van der Waals surface area contributed by atoms with Crippen molar-refractivity contribution in [3.05, 3.63) is 11.4 Å². The van der Waals surface area contributed by atoms with E-state index in [2.05, 4.69) is 20.6 Å². The number of anilines is 2. The highest BCUT2D eigenvalue weighted by Crippen LogP contribution is 2.25. The van der Waals surface area contributed by atoms with Gasteiger partial charge in [-0.3, -0.25) is 4.79 Å². The third-order valence-corrected chi connectivity index (χ3v) is 3.44. The van der Waals surface area contributed by atoms with Gasteiger partial charge in [-0.05, 0) is 24.8 Å². The summed E-state index contributed by atoms with van der Waals surface area (Å²) in [6.07, 6.45) is 0.910. The standard InChI is InChI=1S/C12H17N5OS/c1-3-5-14-10(18)7(2)15-9-8-4-6-19-11(8)17-12(13)16-9/h4,6-7H,3,5H2,1-2H3,(H,14,18)(H3,13,15,16,17). The molecule has 0 aromatic carbocycles. The summed E-state index contributed by atoms with van der Waals surface area (Å²) in [5.41, 5.74) is 5.66. The molecule has 0 spiro atoms. The molecule has 0 aliphatic heterocycles. The van der Waals surface area contributed by atoms with E-state index in [1.807, 2.05) is 18.4 Å². The van der Waals surface area contributed by atoms with Crippen molar-refractivity contribution in [2.75, 3.05) is 17.6 Å². The smallest absolute Gasteiger partial charge is 0.242 e. The lowest BCUT2D eigenvalue weighted by molar-refractivity contribution is -0.121. The maximum Gasteiger partial charge on any atom is 0.242 e. The summed E-state index contributed by atoms with van der Waals surface area (Å²) in [6, 6.07) is 1.54. The number of amides is 1. The van der Waals surface area contributed by atoms with E-state index in [1.54, 1.807) is 6.92 Å². The summed E-state index contributed by atoms with van der Waals surface area (Å²) in [4.78, 5) is 20.9. The van der Waals surface area contributed by atoms with E-state index >= 15 is 0 Å². The first kappa shape index (κ1) is 13.5. The van der Waals surface area contributed by atoms with Crippen LogP contribution in [-0.2, 0) is 4.79 Å². The Labute approximate surface area is 115 Å². The summed E-state index contributed by atoms with van der Waals surface area (Å²) in [5, 5.41) is 8.73. The van der Waals surface area contributed by atoms with E-state index < -0.39 is 0 Å². The molecule has 2 aromatic heterocycles. The van der Waals surface area contributed by atoms with Crippen LogP contribution in [0.3, 0.4) is 0 Å². The number of thiophene rings is 1. The minimum Gasteiger partial charge on any atom is -0.368 e. The van der Waals surface area contributed by atoms with Crippen LogP contribution in [-0.4, -0.2) is 28.5 Å². The fraction of sp³-hybridized carbons (Fsp3) is 0.417. The zero-order chi connectivity index (χ0) is 13.8. The van der Waals surface area contributed by atoms with E-state index in [-0.39, 0.29) is 17.9 Å². The summed E-state index contributed by atoms with van der Waals surface area (Å²) in [5.74, 6) is 0.754. The number of rotatable bonds is 5. The van der Waals surface area contributed by atoms with E-state index in [4.69, 9.17) is 5.73 Å². The molecule has 0 saturated carbocycles. The lowest BCUT2D eigenvalue weighted by Gasteiger charge is -2.15. The van der Waals surface area contributed by atoms with Gasteiger partial charge in [0.1, 0.15) is 16.7 Å². The number of nitrogen functional groups attached to an aromatic ring is 1. The highest BCUT2D eigenvalue weighted by Gasteiger charge is 2.15. The molecule has 2 aromatic rings. The monoisotopic (exact) mass is 279 g/mol. The third-order valence-electron chi connectivity index (χ3n) is 2.64. The summed E-state index contributed by atoms with van der Waals surface area (Å²) >= 11 is 1.49. The van der Waals surface area contributed by atoms with Crippen molar-refractivity contribution in [3.63, 3.8) is 0 Å². The SMILES string of the molecule is CCCNC(=O)C(C)Nc1nc(N)nc2sccc12. The zero-order valence-corrected chi connectivity index (χ0v) is 11.8. The molecule has 19 heavy (non-hydrogen) atoms. The Morgan fingerprint density at radius 2 is 2.32 bits per heavy atom. The molecule has 7 heteroatoms. The predicted octanol–water partition coefficient (Wildman–Crippen LogP) is 1.60.